The van der Waals surface area contributed by atoms with Crippen molar-refractivity contribution in [3.8, 4) is 0 Å². The van der Waals surface area contributed by atoms with Gasteiger partial charge in [-0.2, -0.15) is 0 Å². The van der Waals surface area contributed by atoms with Crippen LogP contribution in [0.15, 0.2) is 0 Å². The van der Waals surface area contributed by atoms with Gasteiger partial charge in [0.05, 0.1) is 12.7 Å². The van der Waals surface area contributed by atoms with E-state index in [1.165, 1.54) is 0 Å². The molecule has 0 amide bonds. The summed E-state index contributed by atoms with van der Waals surface area (Å²) in [5, 5.41) is 0. The van der Waals surface area contributed by atoms with Gasteiger partial charge in [0.15, 0.2) is 0 Å². The van der Waals surface area contributed by atoms with Crippen LogP contribution in [0.1, 0.15) is 12.8 Å². The fraction of sp³-hybridized carbons (Fsp3) is 1.00. The Balaban J connectivity index is 2.18. The highest BCUT2D eigenvalue weighted by molar-refractivity contribution is 4.70. The lowest BCUT2D eigenvalue weighted by atomic mass is 10.1. The van der Waals surface area contributed by atoms with E-state index in [1.54, 1.807) is 0 Å². The third-order valence-corrected chi connectivity index (χ3v) is 1.58. The van der Waals surface area contributed by atoms with Crippen molar-refractivity contribution in [1.29, 1.82) is 0 Å². The summed E-state index contributed by atoms with van der Waals surface area (Å²) in [7, 11) is 0. The van der Waals surface area contributed by atoms with Gasteiger partial charge in [0.2, 0.25) is 0 Å². The minimum atomic E-state index is -0.368. The van der Waals surface area contributed by atoms with Crippen molar-refractivity contribution in [3.05, 3.63) is 0 Å². The maximum Gasteiger partial charge on any atom is 0.116 e. The molecule has 1 fully saturated rings. The molecule has 54 valence electrons. The van der Waals surface area contributed by atoms with E-state index in [1.807, 2.05) is 0 Å². The van der Waals surface area contributed by atoms with Gasteiger partial charge in [0.25, 0.3) is 0 Å². The summed E-state index contributed by atoms with van der Waals surface area (Å²) in [4.78, 5) is 0. The van der Waals surface area contributed by atoms with Crippen LogP contribution >= 0.6 is 0 Å². The van der Waals surface area contributed by atoms with Gasteiger partial charge >= 0.3 is 0 Å². The first-order valence-corrected chi connectivity index (χ1v) is 3.26. The molecule has 9 heavy (non-hydrogen) atoms. The molecule has 3 heteroatoms. The average Bonchev–Trinajstić information content (AvgIpc) is 1.90. The number of hydrogen-bond donors (Lipinski definition) is 1. The lowest BCUT2D eigenvalue weighted by molar-refractivity contribution is -0.00772. The summed E-state index contributed by atoms with van der Waals surface area (Å²) in [5.41, 5.74) is 5.50. The van der Waals surface area contributed by atoms with Crippen molar-refractivity contribution in [2.24, 2.45) is 5.73 Å². The fourth-order valence-electron chi connectivity index (χ4n) is 0.948. The fourth-order valence-corrected chi connectivity index (χ4v) is 0.948. The molecular formula is C6H12FNO. The Labute approximate surface area is 54.2 Å². The summed E-state index contributed by atoms with van der Waals surface area (Å²) in [5.74, 6) is 0. The first-order chi connectivity index (χ1) is 4.33. The van der Waals surface area contributed by atoms with Gasteiger partial charge in [0, 0.05) is 6.04 Å². The van der Waals surface area contributed by atoms with Gasteiger partial charge in [0.1, 0.15) is 6.67 Å². The molecule has 0 aromatic carbocycles. The summed E-state index contributed by atoms with van der Waals surface area (Å²) in [6, 6.07) is 0.132. The highest BCUT2D eigenvalue weighted by Crippen LogP contribution is 2.11. The molecule has 0 radical (unpaired) electrons. The van der Waals surface area contributed by atoms with Gasteiger partial charge in [-0.05, 0) is 12.8 Å². The Hall–Kier alpha value is -0.150. The Bertz CT molecular complexity index is 81.1. The number of rotatable bonds is 1. The highest BCUT2D eigenvalue weighted by Gasteiger charge is 2.17. The van der Waals surface area contributed by atoms with Gasteiger partial charge < -0.3 is 10.5 Å². The minimum absolute atomic E-state index is 0.132. The van der Waals surface area contributed by atoms with E-state index >= 15 is 0 Å². The predicted octanol–water partition coefficient (Wildman–Crippen LogP) is 0.462. The first kappa shape index (κ1) is 6.96. The molecule has 0 bridgehead atoms. The highest BCUT2D eigenvalue weighted by atomic mass is 19.1. The van der Waals surface area contributed by atoms with Gasteiger partial charge in [-0.15, -0.1) is 0 Å². The molecule has 0 saturated carbocycles. The molecule has 1 aliphatic heterocycles. The Morgan fingerprint density at radius 1 is 1.56 bits per heavy atom. The van der Waals surface area contributed by atoms with Gasteiger partial charge in [-0.1, -0.05) is 0 Å². The molecule has 2 atom stereocenters. The number of halogens is 1. The van der Waals surface area contributed by atoms with E-state index in [4.69, 9.17) is 10.5 Å². The maximum absolute atomic E-state index is 11.8. The van der Waals surface area contributed by atoms with Crippen molar-refractivity contribution in [3.63, 3.8) is 0 Å². The van der Waals surface area contributed by atoms with E-state index in [0.29, 0.717) is 6.61 Å². The molecular weight excluding hydrogens is 121 g/mol. The summed E-state index contributed by atoms with van der Waals surface area (Å²) in [6.45, 7) is 0.154. The van der Waals surface area contributed by atoms with Crippen molar-refractivity contribution in [2.75, 3.05) is 13.3 Å². The van der Waals surface area contributed by atoms with Crippen LogP contribution in [0.25, 0.3) is 0 Å². The minimum Gasteiger partial charge on any atom is -0.374 e. The normalized spacial score (nSPS) is 36.7. The second-order valence-electron chi connectivity index (χ2n) is 2.45. The van der Waals surface area contributed by atoms with Crippen LogP contribution < -0.4 is 5.73 Å². The van der Waals surface area contributed by atoms with Crippen molar-refractivity contribution < 1.29 is 9.13 Å². The monoisotopic (exact) mass is 133 g/mol. The molecule has 1 rings (SSSR count). The molecule has 0 spiro atoms. The maximum atomic E-state index is 11.8. The van der Waals surface area contributed by atoms with Crippen molar-refractivity contribution >= 4 is 0 Å². The van der Waals surface area contributed by atoms with Crippen LogP contribution in [0.5, 0.6) is 0 Å². The first-order valence-electron chi connectivity index (χ1n) is 3.26. The lowest BCUT2D eigenvalue weighted by Gasteiger charge is -2.24. The van der Waals surface area contributed by atoms with Crippen LogP contribution in [-0.4, -0.2) is 25.4 Å². The van der Waals surface area contributed by atoms with Crippen LogP contribution in [0, 0.1) is 0 Å². The smallest absolute Gasteiger partial charge is 0.116 e. The van der Waals surface area contributed by atoms with E-state index < -0.39 is 0 Å². The average molecular weight is 133 g/mol. The largest absolute Gasteiger partial charge is 0.374 e. The zero-order valence-corrected chi connectivity index (χ0v) is 5.35. The van der Waals surface area contributed by atoms with E-state index in [-0.39, 0.29) is 18.8 Å². The number of alkyl halides is 1. The zero-order chi connectivity index (χ0) is 6.69. The van der Waals surface area contributed by atoms with Crippen LogP contribution in [0.2, 0.25) is 0 Å². The Morgan fingerprint density at radius 3 is 2.78 bits per heavy atom. The Kier molecular flexibility index (Phi) is 2.42. The Morgan fingerprint density at radius 2 is 2.33 bits per heavy atom. The molecule has 1 heterocycles. The van der Waals surface area contributed by atoms with Crippen molar-refractivity contribution in [1.82, 2.24) is 0 Å². The predicted molar refractivity (Wildman–Crippen MR) is 32.9 cm³/mol. The van der Waals surface area contributed by atoms with Crippen LogP contribution in [-0.2, 0) is 4.74 Å². The third kappa shape index (κ3) is 1.91. The molecule has 1 aliphatic rings. The third-order valence-electron chi connectivity index (χ3n) is 1.58. The quantitative estimate of drug-likeness (QED) is 0.564. The second-order valence-corrected chi connectivity index (χ2v) is 2.45. The molecule has 1 saturated heterocycles. The van der Waals surface area contributed by atoms with E-state index in [2.05, 4.69) is 0 Å². The molecule has 0 aromatic heterocycles. The number of hydrogen-bond acceptors (Lipinski definition) is 2. The number of ether oxygens (including phenoxy) is 1. The molecule has 2 nitrogen and oxygen atoms in total. The van der Waals surface area contributed by atoms with Crippen molar-refractivity contribution in [2.45, 2.75) is 25.0 Å². The number of nitrogens with two attached hydrogens (primary N) is 1. The summed E-state index contributed by atoms with van der Waals surface area (Å²) >= 11 is 0. The molecule has 0 aromatic rings. The van der Waals surface area contributed by atoms with Crippen LogP contribution in [0.4, 0.5) is 4.39 Å². The SMILES string of the molecule is N[C@@H]1CCC(CF)OC1. The molecule has 2 N–H and O–H groups in total. The van der Waals surface area contributed by atoms with Gasteiger partial charge in [-0.25, -0.2) is 4.39 Å². The summed E-state index contributed by atoms with van der Waals surface area (Å²) in [6.07, 6.45) is 1.50. The summed E-state index contributed by atoms with van der Waals surface area (Å²) < 4.78 is 16.9. The second kappa shape index (κ2) is 3.13. The topological polar surface area (TPSA) is 35.2 Å². The molecule has 0 aliphatic carbocycles. The van der Waals surface area contributed by atoms with Crippen LogP contribution in [0.3, 0.4) is 0 Å². The zero-order valence-electron chi connectivity index (χ0n) is 5.35. The van der Waals surface area contributed by atoms with E-state index in [9.17, 15) is 4.39 Å². The van der Waals surface area contributed by atoms with E-state index in [0.717, 1.165) is 12.8 Å². The molecule has 1 unspecified atom stereocenters. The standard InChI is InChI=1S/C6H12FNO/c7-3-6-2-1-5(8)4-9-6/h5-6H,1-4,8H2/t5-,6?/m1/s1. The lowest BCUT2D eigenvalue weighted by Crippen LogP contribution is -2.36. The van der Waals surface area contributed by atoms with Gasteiger partial charge in [-0.3, -0.25) is 0 Å².